The topological polar surface area (TPSA) is 25.2 Å². The highest BCUT2D eigenvalue weighted by Crippen LogP contribution is 2.44. The molecule has 1 N–H and O–H groups in total. The molecule has 2 unspecified atom stereocenters. The average Bonchev–Trinajstić information content (AvgIpc) is 3.06. The van der Waals surface area contributed by atoms with E-state index in [2.05, 4.69) is 29.6 Å². The van der Waals surface area contributed by atoms with E-state index < -0.39 is 0 Å². The van der Waals surface area contributed by atoms with Gasteiger partial charge in [-0.1, -0.05) is 18.2 Å². The van der Waals surface area contributed by atoms with Crippen LogP contribution in [-0.4, -0.2) is 12.6 Å². The van der Waals surface area contributed by atoms with E-state index in [0.29, 0.717) is 5.92 Å². The minimum atomic E-state index is 0.642. The molecule has 2 aromatic rings. The van der Waals surface area contributed by atoms with Crippen molar-refractivity contribution in [2.45, 2.75) is 37.6 Å². The summed E-state index contributed by atoms with van der Waals surface area (Å²) in [5.41, 5.74) is 1.04. The molecule has 1 aromatic carbocycles. The first-order valence-corrected chi connectivity index (χ1v) is 7.12. The Hall–Kier alpha value is -1.28. The highest BCUT2D eigenvalue weighted by Gasteiger charge is 2.35. The lowest BCUT2D eigenvalue weighted by Gasteiger charge is -2.35. The SMILES string of the molecule is c1ccc2oc(C3CCC3CNC3CC3)cc2c1. The summed E-state index contributed by atoms with van der Waals surface area (Å²) in [4.78, 5) is 0. The fraction of sp³-hybridized carbons (Fsp3) is 0.500. The molecule has 1 heterocycles. The van der Waals surface area contributed by atoms with Gasteiger partial charge in [-0.05, 0) is 50.3 Å². The maximum atomic E-state index is 6.00. The average molecular weight is 241 g/mol. The van der Waals surface area contributed by atoms with Gasteiger partial charge in [0.25, 0.3) is 0 Å². The van der Waals surface area contributed by atoms with Crippen LogP contribution in [0.1, 0.15) is 37.4 Å². The molecule has 0 spiro atoms. The standard InChI is InChI=1S/C16H19NO/c1-2-4-15-11(3-1)9-16(18-15)14-8-5-12(14)10-17-13-6-7-13/h1-4,9,12-14,17H,5-8,10H2. The monoisotopic (exact) mass is 241 g/mol. The van der Waals surface area contributed by atoms with Crippen molar-refractivity contribution in [3.8, 4) is 0 Å². The first-order valence-electron chi connectivity index (χ1n) is 7.12. The summed E-state index contributed by atoms with van der Waals surface area (Å²) in [6, 6.07) is 11.4. The number of nitrogens with one attached hydrogen (secondary N) is 1. The van der Waals surface area contributed by atoms with E-state index in [-0.39, 0.29) is 0 Å². The maximum absolute atomic E-state index is 6.00. The van der Waals surface area contributed by atoms with Crippen molar-refractivity contribution in [3.05, 3.63) is 36.1 Å². The largest absolute Gasteiger partial charge is 0.461 e. The van der Waals surface area contributed by atoms with Gasteiger partial charge in [0.15, 0.2) is 0 Å². The van der Waals surface area contributed by atoms with E-state index in [1.54, 1.807) is 0 Å². The lowest BCUT2D eigenvalue weighted by Crippen LogP contribution is -2.34. The maximum Gasteiger partial charge on any atom is 0.134 e. The van der Waals surface area contributed by atoms with Crippen LogP contribution in [0, 0.1) is 5.92 Å². The van der Waals surface area contributed by atoms with Crippen molar-refractivity contribution < 1.29 is 4.42 Å². The van der Waals surface area contributed by atoms with Crippen molar-refractivity contribution >= 4 is 11.0 Å². The molecule has 94 valence electrons. The van der Waals surface area contributed by atoms with Gasteiger partial charge in [0, 0.05) is 17.3 Å². The van der Waals surface area contributed by atoms with Crippen LogP contribution in [0.5, 0.6) is 0 Å². The molecular weight excluding hydrogens is 222 g/mol. The van der Waals surface area contributed by atoms with Crippen LogP contribution in [0.2, 0.25) is 0 Å². The summed E-state index contributed by atoms with van der Waals surface area (Å²) in [5.74, 6) is 2.62. The summed E-state index contributed by atoms with van der Waals surface area (Å²) >= 11 is 0. The molecule has 2 aliphatic rings. The van der Waals surface area contributed by atoms with Gasteiger partial charge in [0.1, 0.15) is 11.3 Å². The molecule has 2 fully saturated rings. The third kappa shape index (κ3) is 1.85. The Labute approximate surface area is 107 Å². The predicted molar refractivity (Wildman–Crippen MR) is 72.7 cm³/mol. The van der Waals surface area contributed by atoms with Crippen molar-refractivity contribution in [2.24, 2.45) is 5.92 Å². The summed E-state index contributed by atoms with van der Waals surface area (Å²) in [6.45, 7) is 1.17. The Morgan fingerprint density at radius 3 is 2.72 bits per heavy atom. The zero-order chi connectivity index (χ0) is 11.9. The zero-order valence-electron chi connectivity index (χ0n) is 10.6. The summed E-state index contributed by atoms with van der Waals surface area (Å²) < 4.78 is 6.00. The van der Waals surface area contributed by atoms with Gasteiger partial charge >= 0.3 is 0 Å². The Balaban J connectivity index is 1.51. The van der Waals surface area contributed by atoms with E-state index in [1.165, 1.54) is 43.4 Å². The number of hydrogen-bond donors (Lipinski definition) is 1. The van der Waals surface area contributed by atoms with Crippen molar-refractivity contribution in [3.63, 3.8) is 0 Å². The highest BCUT2D eigenvalue weighted by molar-refractivity contribution is 5.77. The van der Waals surface area contributed by atoms with Crippen molar-refractivity contribution in [2.75, 3.05) is 6.54 Å². The molecule has 2 nitrogen and oxygen atoms in total. The first-order chi connectivity index (χ1) is 8.90. The summed E-state index contributed by atoms with van der Waals surface area (Å²) in [6.07, 6.45) is 5.39. The van der Waals surface area contributed by atoms with Crippen molar-refractivity contribution in [1.29, 1.82) is 0 Å². The second kappa shape index (κ2) is 4.13. The fourth-order valence-electron chi connectivity index (χ4n) is 2.98. The van der Waals surface area contributed by atoms with Gasteiger partial charge in [0.05, 0.1) is 0 Å². The van der Waals surface area contributed by atoms with Crippen LogP contribution in [-0.2, 0) is 0 Å². The fourth-order valence-corrected chi connectivity index (χ4v) is 2.98. The van der Waals surface area contributed by atoms with Crippen LogP contribution in [0.3, 0.4) is 0 Å². The molecule has 0 bridgehead atoms. The van der Waals surface area contributed by atoms with Gasteiger partial charge < -0.3 is 9.73 Å². The molecular formula is C16H19NO. The molecule has 4 rings (SSSR count). The number of hydrogen-bond acceptors (Lipinski definition) is 2. The highest BCUT2D eigenvalue weighted by atomic mass is 16.3. The summed E-state index contributed by atoms with van der Waals surface area (Å²) in [5, 5.41) is 4.89. The lowest BCUT2D eigenvalue weighted by atomic mass is 9.72. The van der Waals surface area contributed by atoms with Crippen LogP contribution in [0.15, 0.2) is 34.7 Å². The molecule has 2 saturated carbocycles. The second-order valence-electron chi connectivity index (χ2n) is 5.81. The van der Waals surface area contributed by atoms with E-state index in [1.807, 2.05) is 6.07 Å². The van der Waals surface area contributed by atoms with Crippen LogP contribution in [0.4, 0.5) is 0 Å². The Kier molecular flexibility index (Phi) is 2.44. The normalized spacial score (nSPS) is 27.3. The minimum absolute atomic E-state index is 0.642. The predicted octanol–water partition coefficient (Wildman–Crippen LogP) is 3.68. The number of fused-ring (bicyclic) bond motifs is 1. The molecule has 0 radical (unpaired) electrons. The molecule has 2 atom stereocenters. The Bertz CT molecular complexity index is 522. The van der Waals surface area contributed by atoms with Crippen LogP contribution >= 0.6 is 0 Å². The smallest absolute Gasteiger partial charge is 0.134 e. The number of benzene rings is 1. The Morgan fingerprint density at radius 1 is 1.11 bits per heavy atom. The van der Waals surface area contributed by atoms with Gasteiger partial charge in [-0.2, -0.15) is 0 Å². The molecule has 0 aliphatic heterocycles. The third-order valence-electron chi connectivity index (χ3n) is 4.47. The second-order valence-corrected chi connectivity index (χ2v) is 5.81. The van der Waals surface area contributed by atoms with Gasteiger partial charge in [-0.25, -0.2) is 0 Å². The third-order valence-corrected chi connectivity index (χ3v) is 4.47. The molecule has 1 aromatic heterocycles. The minimum Gasteiger partial charge on any atom is -0.461 e. The quantitative estimate of drug-likeness (QED) is 0.883. The number of furan rings is 1. The van der Waals surface area contributed by atoms with Gasteiger partial charge in [-0.15, -0.1) is 0 Å². The van der Waals surface area contributed by atoms with E-state index in [0.717, 1.165) is 17.5 Å². The van der Waals surface area contributed by atoms with Crippen LogP contribution in [0.25, 0.3) is 11.0 Å². The number of rotatable bonds is 4. The first kappa shape index (κ1) is 10.6. The van der Waals surface area contributed by atoms with Gasteiger partial charge in [-0.3, -0.25) is 0 Å². The van der Waals surface area contributed by atoms with E-state index >= 15 is 0 Å². The Morgan fingerprint density at radius 2 is 2.00 bits per heavy atom. The summed E-state index contributed by atoms with van der Waals surface area (Å²) in [7, 11) is 0. The molecule has 2 aliphatic carbocycles. The van der Waals surface area contributed by atoms with E-state index in [4.69, 9.17) is 4.42 Å². The van der Waals surface area contributed by atoms with Crippen LogP contribution < -0.4 is 5.32 Å². The van der Waals surface area contributed by atoms with Crippen molar-refractivity contribution in [1.82, 2.24) is 5.32 Å². The zero-order valence-corrected chi connectivity index (χ0v) is 10.6. The van der Waals surface area contributed by atoms with Gasteiger partial charge in [0.2, 0.25) is 0 Å². The number of para-hydroxylation sites is 1. The molecule has 0 saturated heterocycles. The molecule has 0 amide bonds. The molecule has 2 heteroatoms. The lowest BCUT2D eigenvalue weighted by molar-refractivity contribution is 0.218. The van der Waals surface area contributed by atoms with E-state index in [9.17, 15) is 0 Å². The molecule has 18 heavy (non-hydrogen) atoms.